The first-order valence-electron chi connectivity index (χ1n) is 8.53. The van der Waals surface area contributed by atoms with Gasteiger partial charge in [-0.3, -0.25) is 4.79 Å². The molecule has 0 heterocycles. The highest BCUT2D eigenvalue weighted by Crippen LogP contribution is 2.42. The van der Waals surface area contributed by atoms with Gasteiger partial charge in [-0.15, -0.1) is 0 Å². The molecule has 130 valence electrons. The van der Waals surface area contributed by atoms with Crippen LogP contribution >= 0.6 is 0 Å². The van der Waals surface area contributed by atoms with E-state index in [9.17, 15) is 4.79 Å². The van der Waals surface area contributed by atoms with Gasteiger partial charge in [-0.1, -0.05) is 53.7 Å². The van der Waals surface area contributed by atoms with Crippen LogP contribution in [0.25, 0.3) is 0 Å². The maximum absolute atomic E-state index is 11.6. The number of hydrogen-bond donors (Lipinski definition) is 0. The molecular formula is C19H32O3Si. The molecule has 3 nitrogen and oxygen atoms in total. The molecule has 0 N–H and O–H groups in total. The van der Waals surface area contributed by atoms with Gasteiger partial charge in [0.2, 0.25) is 0 Å². The van der Waals surface area contributed by atoms with Crippen LogP contribution in [0.3, 0.4) is 0 Å². The fourth-order valence-corrected chi connectivity index (χ4v) is 8.95. The van der Waals surface area contributed by atoms with Gasteiger partial charge in [-0.25, -0.2) is 0 Å². The monoisotopic (exact) mass is 336 g/mol. The van der Waals surface area contributed by atoms with E-state index in [2.05, 4.69) is 41.5 Å². The second kappa shape index (κ2) is 8.00. The summed E-state index contributed by atoms with van der Waals surface area (Å²) >= 11 is 0. The van der Waals surface area contributed by atoms with E-state index in [-0.39, 0.29) is 11.9 Å². The summed E-state index contributed by atoms with van der Waals surface area (Å²) in [5.74, 6) is 0.443. The molecule has 1 atom stereocenters. The first kappa shape index (κ1) is 19.8. The molecule has 1 aromatic carbocycles. The lowest BCUT2D eigenvalue weighted by atomic mass is 10.0. The zero-order chi connectivity index (χ0) is 17.8. The molecule has 4 heteroatoms. The van der Waals surface area contributed by atoms with Crippen LogP contribution in [-0.4, -0.2) is 21.4 Å². The van der Waals surface area contributed by atoms with Crippen LogP contribution in [-0.2, 0) is 9.53 Å². The van der Waals surface area contributed by atoms with E-state index in [4.69, 9.17) is 9.16 Å². The number of ether oxygens (including phenoxy) is 1. The topological polar surface area (TPSA) is 35.5 Å². The van der Waals surface area contributed by atoms with Gasteiger partial charge in [-0.05, 0) is 41.2 Å². The minimum Gasteiger partial charge on any atom is -0.543 e. The van der Waals surface area contributed by atoms with Crippen molar-refractivity contribution in [2.24, 2.45) is 0 Å². The molecular weight excluding hydrogens is 304 g/mol. The number of benzene rings is 1. The van der Waals surface area contributed by atoms with Crippen LogP contribution in [0.4, 0.5) is 0 Å². The van der Waals surface area contributed by atoms with Crippen molar-refractivity contribution < 1.29 is 14.0 Å². The van der Waals surface area contributed by atoms with Crippen LogP contribution in [0.1, 0.15) is 59.9 Å². The Bertz CT molecular complexity index is 484. The average molecular weight is 337 g/mol. The largest absolute Gasteiger partial charge is 0.543 e. The minimum absolute atomic E-state index is 0.214. The van der Waals surface area contributed by atoms with Crippen LogP contribution in [0.2, 0.25) is 16.6 Å². The van der Waals surface area contributed by atoms with E-state index in [0.29, 0.717) is 16.6 Å². The second-order valence-corrected chi connectivity index (χ2v) is 12.6. The summed E-state index contributed by atoms with van der Waals surface area (Å²) in [5.41, 5.74) is 2.57. The summed E-state index contributed by atoms with van der Waals surface area (Å²) in [7, 11) is -0.513. The zero-order valence-corrected chi connectivity index (χ0v) is 16.8. The summed E-state index contributed by atoms with van der Waals surface area (Å²) in [4.78, 5) is 11.6. The van der Waals surface area contributed by atoms with Gasteiger partial charge in [0.1, 0.15) is 5.75 Å². The van der Waals surface area contributed by atoms with E-state index in [1.165, 1.54) is 7.11 Å². The fraction of sp³-hybridized carbons (Fsp3) is 0.632. The molecule has 0 fully saturated rings. The molecule has 0 amide bonds. The molecule has 0 aromatic heterocycles. The number of carbonyl (C=O) groups excluding carboxylic acids is 1. The summed E-state index contributed by atoms with van der Waals surface area (Å²) in [5, 5.41) is 0. The third-order valence-corrected chi connectivity index (χ3v) is 10.9. The lowest BCUT2D eigenvalue weighted by Crippen LogP contribution is -2.50. The maximum atomic E-state index is 11.6. The highest BCUT2D eigenvalue weighted by Gasteiger charge is 2.46. The molecule has 23 heavy (non-hydrogen) atoms. The van der Waals surface area contributed by atoms with E-state index in [0.717, 1.165) is 11.3 Å². The minimum atomic E-state index is -1.93. The van der Waals surface area contributed by atoms with Crippen molar-refractivity contribution in [3.05, 3.63) is 29.8 Å². The number of carbonyl (C=O) groups is 1. The van der Waals surface area contributed by atoms with Crippen LogP contribution in [0.5, 0.6) is 5.75 Å². The molecule has 0 saturated carbocycles. The Kier molecular flexibility index (Phi) is 6.87. The van der Waals surface area contributed by atoms with Gasteiger partial charge in [0.15, 0.2) is 0 Å². The molecule has 1 rings (SSSR count). The quantitative estimate of drug-likeness (QED) is 0.486. The van der Waals surface area contributed by atoms with Crippen molar-refractivity contribution in [2.75, 3.05) is 7.11 Å². The Hall–Kier alpha value is -1.29. The molecule has 0 spiro atoms. The fourth-order valence-electron chi connectivity index (χ4n) is 3.70. The summed E-state index contributed by atoms with van der Waals surface area (Å²) in [6.07, 6.45) is 0. The lowest BCUT2D eigenvalue weighted by molar-refractivity contribution is -0.141. The van der Waals surface area contributed by atoms with Gasteiger partial charge >= 0.3 is 5.97 Å². The molecule has 1 unspecified atom stereocenters. The standard InChI is InChI=1S/C19H32O3Si/c1-13(2)23(14(3)4,15(5)6)22-18-11-9-17(10-12-18)16(7)19(20)21-8/h9-16H,1-8H3. The number of rotatable bonds is 7. The van der Waals surface area contributed by atoms with Crippen molar-refractivity contribution in [1.82, 2.24) is 0 Å². The molecule has 0 aliphatic heterocycles. The number of hydrogen-bond acceptors (Lipinski definition) is 3. The van der Waals surface area contributed by atoms with Crippen LogP contribution in [0.15, 0.2) is 24.3 Å². The van der Waals surface area contributed by atoms with Crippen molar-refractivity contribution in [2.45, 2.75) is 71.0 Å². The van der Waals surface area contributed by atoms with Gasteiger partial charge in [0.25, 0.3) is 8.32 Å². The Morgan fingerprint density at radius 3 is 1.65 bits per heavy atom. The molecule has 0 saturated heterocycles. The molecule has 0 aliphatic carbocycles. The van der Waals surface area contributed by atoms with E-state index in [1.54, 1.807) is 0 Å². The normalized spacial score (nSPS) is 13.5. The first-order valence-corrected chi connectivity index (χ1v) is 10.7. The number of methoxy groups -OCH3 is 1. The van der Waals surface area contributed by atoms with Gasteiger partial charge in [-0.2, -0.15) is 0 Å². The summed E-state index contributed by atoms with van der Waals surface area (Å²) in [6.45, 7) is 15.5. The lowest BCUT2D eigenvalue weighted by Gasteiger charge is -2.42. The zero-order valence-electron chi connectivity index (χ0n) is 15.8. The molecule has 1 aromatic rings. The summed E-state index contributed by atoms with van der Waals surface area (Å²) in [6, 6.07) is 7.92. The van der Waals surface area contributed by atoms with Crippen molar-refractivity contribution in [3.63, 3.8) is 0 Å². The second-order valence-electron chi connectivity index (χ2n) is 7.23. The number of esters is 1. The van der Waals surface area contributed by atoms with Crippen molar-refractivity contribution >= 4 is 14.3 Å². The summed E-state index contributed by atoms with van der Waals surface area (Å²) < 4.78 is 11.4. The van der Waals surface area contributed by atoms with Crippen molar-refractivity contribution in [3.8, 4) is 5.75 Å². The predicted molar refractivity (Wildman–Crippen MR) is 98.5 cm³/mol. The van der Waals surface area contributed by atoms with E-state index in [1.807, 2.05) is 31.2 Å². The Labute approximate surface area is 142 Å². The molecule has 0 bridgehead atoms. The van der Waals surface area contributed by atoms with Gasteiger partial charge in [0, 0.05) is 0 Å². The van der Waals surface area contributed by atoms with E-state index >= 15 is 0 Å². The van der Waals surface area contributed by atoms with Crippen LogP contribution < -0.4 is 4.43 Å². The predicted octanol–water partition coefficient (Wildman–Crippen LogP) is 5.52. The highest BCUT2D eigenvalue weighted by molar-refractivity contribution is 6.78. The first-order chi connectivity index (χ1) is 10.7. The van der Waals surface area contributed by atoms with Crippen LogP contribution in [0, 0.1) is 0 Å². The smallest absolute Gasteiger partial charge is 0.312 e. The Morgan fingerprint density at radius 1 is 0.870 bits per heavy atom. The van der Waals surface area contributed by atoms with E-state index < -0.39 is 8.32 Å². The van der Waals surface area contributed by atoms with Crippen molar-refractivity contribution in [1.29, 1.82) is 0 Å². The third kappa shape index (κ3) is 4.17. The average Bonchev–Trinajstić information content (AvgIpc) is 2.50. The Balaban J connectivity index is 3.06. The maximum Gasteiger partial charge on any atom is 0.312 e. The molecule has 0 radical (unpaired) electrons. The van der Waals surface area contributed by atoms with Gasteiger partial charge < -0.3 is 9.16 Å². The third-order valence-electron chi connectivity index (χ3n) is 4.94. The SMILES string of the molecule is COC(=O)C(C)c1ccc(O[Si](C(C)C)(C(C)C)C(C)C)cc1. The molecule has 0 aliphatic rings. The Morgan fingerprint density at radius 2 is 1.30 bits per heavy atom. The van der Waals surface area contributed by atoms with Gasteiger partial charge in [0.05, 0.1) is 13.0 Å². The highest BCUT2D eigenvalue weighted by atomic mass is 28.4.